The van der Waals surface area contributed by atoms with Crippen molar-refractivity contribution in [1.82, 2.24) is 10.7 Å². The maximum Gasteiger partial charge on any atom is 0.259 e. The van der Waals surface area contributed by atoms with Crippen LogP contribution in [0.1, 0.15) is 22.6 Å². The number of carbonyl (C=O) groups excluding carboxylic acids is 2. The summed E-state index contributed by atoms with van der Waals surface area (Å²) in [6.45, 7) is -0.179. The molecule has 0 saturated carbocycles. The van der Waals surface area contributed by atoms with Crippen LogP contribution < -0.4 is 10.7 Å². The van der Waals surface area contributed by atoms with Crippen molar-refractivity contribution in [2.75, 3.05) is 6.54 Å². The highest BCUT2D eigenvalue weighted by molar-refractivity contribution is 6.30. The molecule has 0 atom stereocenters. The van der Waals surface area contributed by atoms with Gasteiger partial charge in [-0.15, -0.1) is 0 Å². The van der Waals surface area contributed by atoms with E-state index in [0.29, 0.717) is 5.02 Å². The highest BCUT2D eigenvalue weighted by Crippen LogP contribution is 2.24. The molecule has 0 aliphatic carbocycles. The van der Waals surface area contributed by atoms with Crippen LogP contribution in [0.5, 0.6) is 0 Å². The molecular weight excluding hydrogens is 386 g/mol. The molecule has 0 bridgehead atoms. The Labute approximate surface area is 174 Å². The Balaban J connectivity index is 1.60. The number of nitrogens with one attached hydrogen (secondary N) is 2. The smallest absolute Gasteiger partial charge is 0.259 e. The van der Waals surface area contributed by atoms with E-state index in [-0.39, 0.29) is 12.5 Å². The Hall–Kier alpha value is -3.44. The van der Waals surface area contributed by atoms with Crippen molar-refractivity contribution in [1.29, 1.82) is 0 Å². The zero-order chi connectivity index (χ0) is 20.5. The van der Waals surface area contributed by atoms with E-state index in [9.17, 15) is 9.59 Å². The first-order valence-corrected chi connectivity index (χ1v) is 9.46. The van der Waals surface area contributed by atoms with E-state index in [1.54, 1.807) is 18.2 Å². The zero-order valence-corrected chi connectivity index (χ0v) is 16.3. The fraction of sp³-hybridized carbons (Fsp3) is 0.0870. The topological polar surface area (TPSA) is 70.6 Å². The Morgan fingerprint density at radius 1 is 0.897 bits per heavy atom. The molecule has 3 rings (SSSR count). The van der Waals surface area contributed by atoms with Gasteiger partial charge in [0.1, 0.15) is 0 Å². The lowest BCUT2D eigenvalue weighted by molar-refractivity contribution is -0.126. The second-order valence-electron chi connectivity index (χ2n) is 6.32. The lowest BCUT2D eigenvalue weighted by Gasteiger charge is -2.17. The molecule has 0 fully saturated rings. The van der Waals surface area contributed by atoms with Crippen LogP contribution in [-0.2, 0) is 9.59 Å². The molecule has 2 N–H and O–H groups in total. The summed E-state index contributed by atoms with van der Waals surface area (Å²) in [5, 5.41) is 7.16. The van der Waals surface area contributed by atoms with Crippen molar-refractivity contribution in [3.63, 3.8) is 0 Å². The number of hydrogen-bond donors (Lipinski definition) is 2. The summed E-state index contributed by atoms with van der Waals surface area (Å²) in [5.74, 6) is -1.17. The monoisotopic (exact) mass is 405 g/mol. The van der Waals surface area contributed by atoms with Crippen molar-refractivity contribution < 1.29 is 9.59 Å². The molecular formula is C23H20ClN3O2. The first-order chi connectivity index (χ1) is 14.1. The predicted octanol–water partition coefficient (Wildman–Crippen LogP) is 3.74. The van der Waals surface area contributed by atoms with Crippen LogP contribution in [0.4, 0.5) is 0 Å². The van der Waals surface area contributed by atoms with Crippen molar-refractivity contribution in [2.45, 2.75) is 5.92 Å². The Morgan fingerprint density at radius 2 is 1.52 bits per heavy atom. The van der Waals surface area contributed by atoms with Crippen LogP contribution in [0.2, 0.25) is 5.02 Å². The number of halogens is 1. The number of nitrogens with zero attached hydrogens (tertiary/aromatic N) is 1. The molecule has 146 valence electrons. The molecule has 0 heterocycles. The summed E-state index contributed by atoms with van der Waals surface area (Å²) in [4.78, 5) is 24.9. The second-order valence-corrected chi connectivity index (χ2v) is 6.76. The molecule has 0 aromatic heterocycles. The number of hydrogen-bond acceptors (Lipinski definition) is 3. The van der Waals surface area contributed by atoms with Gasteiger partial charge in [0.25, 0.3) is 5.91 Å². The van der Waals surface area contributed by atoms with Crippen LogP contribution in [-0.4, -0.2) is 24.6 Å². The van der Waals surface area contributed by atoms with Crippen molar-refractivity contribution in [2.24, 2.45) is 5.10 Å². The SMILES string of the molecule is O=C(CNC(=O)C(c1ccccc1)c1ccccc1)N/N=C\c1cccc(Cl)c1. The van der Waals surface area contributed by atoms with Gasteiger partial charge < -0.3 is 5.32 Å². The largest absolute Gasteiger partial charge is 0.346 e. The van der Waals surface area contributed by atoms with E-state index in [2.05, 4.69) is 15.8 Å². The normalized spacial score (nSPS) is 10.8. The van der Waals surface area contributed by atoms with Crippen LogP contribution in [0.3, 0.4) is 0 Å². The van der Waals surface area contributed by atoms with Crippen LogP contribution in [0.25, 0.3) is 0 Å². The summed E-state index contributed by atoms with van der Waals surface area (Å²) in [7, 11) is 0. The van der Waals surface area contributed by atoms with Crippen LogP contribution in [0, 0.1) is 0 Å². The predicted molar refractivity (Wildman–Crippen MR) is 115 cm³/mol. The number of hydrazone groups is 1. The maximum absolute atomic E-state index is 12.8. The summed E-state index contributed by atoms with van der Waals surface area (Å²) < 4.78 is 0. The third-order valence-electron chi connectivity index (χ3n) is 4.20. The quantitative estimate of drug-likeness (QED) is 0.464. The minimum absolute atomic E-state index is 0.179. The second kappa shape index (κ2) is 10.2. The standard InChI is InChI=1S/C23H20ClN3O2/c24-20-13-7-8-17(14-20)15-26-27-21(28)16-25-23(29)22(18-9-3-1-4-10-18)19-11-5-2-6-12-19/h1-15,22H,16H2,(H,25,29)(H,27,28)/b26-15-. The van der Waals surface area contributed by atoms with Gasteiger partial charge in [-0.3, -0.25) is 9.59 Å². The fourth-order valence-electron chi connectivity index (χ4n) is 2.86. The number of carbonyl (C=O) groups is 2. The van der Waals surface area contributed by atoms with Crippen LogP contribution in [0.15, 0.2) is 90.0 Å². The molecule has 5 nitrogen and oxygen atoms in total. The minimum Gasteiger partial charge on any atom is -0.346 e. The van der Waals surface area contributed by atoms with E-state index < -0.39 is 11.8 Å². The first kappa shape index (κ1) is 20.3. The zero-order valence-electron chi connectivity index (χ0n) is 15.6. The van der Waals surface area contributed by atoms with Gasteiger partial charge in [0.15, 0.2) is 0 Å². The van der Waals surface area contributed by atoms with Gasteiger partial charge in [-0.25, -0.2) is 5.43 Å². The Morgan fingerprint density at radius 3 is 2.10 bits per heavy atom. The molecule has 29 heavy (non-hydrogen) atoms. The number of rotatable bonds is 7. The molecule has 0 aliphatic heterocycles. The molecule has 3 aromatic carbocycles. The van der Waals surface area contributed by atoms with Gasteiger partial charge in [0.2, 0.25) is 5.91 Å². The molecule has 6 heteroatoms. The molecule has 0 aliphatic rings. The highest BCUT2D eigenvalue weighted by atomic mass is 35.5. The van der Waals surface area contributed by atoms with E-state index in [1.165, 1.54) is 6.21 Å². The minimum atomic E-state index is -0.500. The van der Waals surface area contributed by atoms with E-state index >= 15 is 0 Å². The van der Waals surface area contributed by atoms with Gasteiger partial charge in [0, 0.05) is 5.02 Å². The summed E-state index contributed by atoms with van der Waals surface area (Å²) in [5.41, 5.74) is 4.87. The van der Waals surface area contributed by atoms with Gasteiger partial charge in [-0.1, -0.05) is 84.4 Å². The lowest BCUT2D eigenvalue weighted by atomic mass is 9.90. The third-order valence-corrected chi connectivity index (χ3v) is 4.44. The summed E-state index contributed by atoms with van der Waals surface area (Å²) in [6.07, 6.45) is 1.49. The van der Waals surface area contributed by atoms with Crippen molar-refractivity contribution in [3.8, 4) is 0 Å². The Bertz CT molecular complexity index is 952. The maximum atomic E-state index is 12.8. The number of amides is 2. The lowest BCUT2D eigenvalue weighted by Crippen LogP contribution is -2.37. The molecule has 3 aromatic rings. The van der Waals surface area contributed by atoms with Crippen LogP contribution >= 0.6 is 11.6 Å². The fourth-order valence-corrected chi connectivity index (χ4v) is 3.06. The third kappa shape index (κ3) is 6.02. The van der Waals surface area contributed by atoms with Crippen molar-refractivity contribution >= 4 is 29.6 Å². The van der Waals surface area contributed by atoms with Gasteiger partial charge in [-0.2, -0.15) is 5.10 Å². The average Bonchev–Trinajstić information content (AvgIpc) is 2.74. The molecule has 0 spiro atoms. The number of benzene rings is 3. The molecule has 0 saturated heterocycles. The molecule has 0 radical (unpaired) electrons. The molecule has 2 amide bonds. The highest BCUT2D eigenvalue weighted by Gasteiger charge is 2.22. The van der Waals surface area contributed by atoms with E-state index in [4.69, 9.17) is 11.6 Å². The van der Waals surface area contributed by atoms with Crippen molar-refractivity contribution in [3.05, 3.63) is 107 Å². The van der Waals surface area contributed by atoms with Gasteiger partial charge >= 0.3 is 0 Å². The average molecular weight is 406 g/mol. The van der Waals surface area contributed by atoms with Gasteiger partial charge in [0.05, 0.1) is 18.7 Å². The molecule has 0 unspecified atom stereocenters. The Kier molecular flexibility index (Phi) is 7.14. The first-order valence-electron chi connectivity index (χ1n) is 9.08. The van der Waals surface area contributed by atoms with E-state index in [1.807, 2.05) is 66.7 Å². The van der Waals surface area contributed by atoms with Gasteiger partial charge in [-0.05, 0) is 28.8 Å². The summed E-state index contributed by atoms with van der Waals surface area (Å²) >= 11 is 5.91. The van der Waals surface area contributed by atoms with E-state index in [0.717, 1.165) is 16.7 Å². The summed E-state index contributed by atoms with van der Waals surface area (Å²) in [6, 6.07) is 26.0.